The van der Waals surface area contributed by atoms with E-state index in [9.17, 15) is 4.79 Å². The fourth-order valence-electron chi connectivity index (χ4n) is 6.07. The Labute approximate surface area is 240 Å². The normalized spacial score (nSPS) is 19.3. The fourth-order valence-corrected chi connectivity index (χ4v) is 6.07. The van der Waals surface area contributed by atoms with Crippen LogP contribution in [0, 0.1) is 23.7 Å². The second kappa shape index (κ2) is 11.1. The number of hydrogen-bond donors (Lipinski definition) is 1. The summed E-state index contributed by atoms with van der Waals surface area (Å²) in [5, 5.41) is 0.806. The largest absolute Gasteiger partial charge is 0.457 e. The van der Waals surface area contributed by atoms with Gasteiger partial charge in [0.2, 0.25) is 5.91 Å². The minimum Gasteiger partial charge on any atom is -0.457 e. The molecule has 0 bridgehead atoms. The lowest BCUT2D eigenvalue weighted by molar-refractivity contribution is -0.129. The van der Waals surface area contributed by atoms with Gasteiger partial charge in [0, 0.05) is 50.7 Å². The number of aryl methyl sites for hydroxylation is 1. The predicted octanol–water partition coefficient (Wildman–Crippen LogP) is 4.72. The highest BCUT2D eigenvalue weighted by molar-refractivity contribution is 6.03. The van der Waals surface area contributed by atoms with Gasteiger partial charge in [-0.1, -0.05) is 49.8 Å². The summed E-state index contributed by atoms with van der Waals surface area (Å²) in [6.07, 6.45) is 3.89. The highest BCUT2D eigenvalue weighted by Gasteiger charge is 2.37. The van der Waals surface area contributed by atoms with Gasteiger partial charge in [0.15, 0.2) is 0 Å². The summed E-state index contributed by atoms with van der Waals surface area (Å²) >= 11 is 0. The van der Waals surface area contributed by atoms with Crippen LogP contribution >= 0.6 is 0 Å². The molecule has 2 aromatic carbocycles. The molecule has 0 saturated carbocycles. The molecule has 2 fully saturated rings. The first-order valence-electron chi connectivity index (χ1n) is 14.0. The van der Waals surface area contributed by atoms with Crippen molar-refractivity contribution < 1.29 is 9.53 Å². The number of likely N-dealkylation sites (tertiary alicyclic amines) is 2. The molecule has 2 aliphatic rings. The Balaban J connectivity index is 1.23. The number of fused-ring (bicyclic) bond motifs is 1. The van der Waals surface area contributed by atoms with Crippen molar-refractivity contribution >= 4 is 22.8 Å². The van der Waals surface area contributed by atoms with Gasteiger partial charge in [0.1, 0.15) is 35.0 Å². The SMILES string of the molecule is C=CC(=O)N1CC[C@H](N2CC(C#Cc3c(-c4ccc(Oc5ccccc5)cc4)c4c(N)ncnc4n3C)C2)[C@@H](C)C1. The van der Waals surface area contributed by atoms with Gasteiger partial charge in [-0.15, -0.1) is 0 Å². The number of piperidine rings is 1. The average molecular weight is 547 g/mol. The van der Waals surface area contributed by atoms with Crippen LogP contribution in [0.3, 0.4) is 0 Å². The lowest BCUT2D eigenvalue weighted by Crippen LogP contribution is -2.58. The lowest BCUT2D eigenvalue weighted by Gasteiger charge is -2.48. The third-order valence-electron chi connectivity index (χ3n) is 8.24. The molecule has 0 radical (unpaired) electrons. The molecule has 41 heavy (non-hydrogen) atoms. The maximum atomic E-state index is 12.0. The number of carbonyl (C=O) groups excluding carboxylic acids is 1. The maximum absolute atomic E-state index is 12.0. The van der Waals surface area contributed by atoms with Gasteiger partial charge < -0.3 is 19.9 Å². The van der Waals surface area contributed by atoms with E-state index in [4.69, 9.17) is 10.5 Å². The van der Waals surface area contributed by atoms with Gasteiger partial charge in [-0.3, -0.25) is 9.69 Å². The van der Waals surface area contributed by atoms with Crippen LogP contribution in [-0.2, 0) is 11.8 Å². The number of para-hydroxylation sites is 1. The van der Waals surface area contributed by atoms with Crippen LogP contribution in [0.5, 0.6) is 11.5 Å². The van der Waals surface area contributed by atoms with Gasteiger partial charge in [0.25, 0.3) is 0 Å². The van der Waals surface area contributed by atoms with Crippen molar-refractivity contribution in [2.75, 3.05) is 31.9 Å². The Morgan fingerprint density at radius 1 is 1.07 bits per heavy atom. The van der Waals surface area contributed by atoms with Gasteiger partial charge >= 0.3 is 0 Å². The molecular formula is C33H34N6O2. The number of amides is 1. The third-order valence-corrected chi connectivity index (χ3v) is 8.24. The molecule has 2 aliphatic heterocycles. The molecule has 0 unspecified atom stereocenters. The number of nitrogen functional groups attached to an aromatic ring is 1. The zero-order valence-corrected chi connectivity index (χ0v) is 23.5. The van der Waals surface area contributed by atoms with Crippen LogP contribution in [0.4, 0.5) is 5.82 Å². The molecule has 2 saturated heterocycles. The van der Waals surface area contributed by atoms with E-state index in [2.05, 4.69) is 40.2 Å². The van der Waals surface area contributed by atoms with E-state index in [1.807, 2.05) is 71.1 Å². The van der Waals surface area contributed by atoms with Crippen molar-refractivity contribution in [2.45, 2.75) is 19.4 Å². The van der Waals surface area contributed by atoms with Crippen molar-refractivity contribution in [1.29, 1.82) is 0 Å². The zero-order chi connectivity index (χ0) is 28.5. The predicted molar refractivity (Wildman–Crippen MR) is 161 cm³/mol. The monoisotopic (exact) mass is 546 g/mol. The number of ether oxygens (including phenoxy) is 1. The van der Waals surface area contributed by atoms with E-state index in [-0.39, 0.29) is 11.8 Å². The van der Waals surface area contributed by atoms with Crippen molar-refractivity contribution in [3.05, 3.63) is 79.3 Å². The number of benzene rings is 2. The lowest BCUT2D eigenvalue weighted by atomic mass is 9.87. The van der Waals surface area contributed by atoms with E-state index < -0.39 is 0 Å². The number of nitrogens with zero attached hydrogens (tertiary/aromatic N) is 5. The van der Waals surface area contributed by atoms with E-state index in [1.165, 1.54) is 12.4 Å². The summed E-state index contributed by atoms with van der Waals surface area (Å²) in [6.45, 7) is 9.29. The van der Waals surface area contributed by atoms with E-state index in [0.717, 1.165) is 72.0 Å². The Bertz CT molecular complexity index is 1640. The number of anilines is 1. The van der Waals surface area contributed by atoms with Crippen molar-refractivity contribution in [2.24, 2.45) is 18.9 Å². The van der Waals surface area contributed by atoms with Crippen molar-refractivity contribution in [3.8, 4) is 34.5 Å². The summed E-state index contributed by atoms with van der Waals surface area (Å²) in [5.74, 6) is 9.71. The van der Waals surface area contributed by atoms with Crippen LogP contribution in [-0.4, -0.2) is 62.5 Å². The molecule has 4 aromatic rings. The number of hydrogen-bond acceptors (Lipinski definition) is 6. The minimum atomic E-state index is 0.0251. The average Bonchev–Trinajstić information content (AvgIpc) is 3.25. The van der Waals surface area contributed by atoms with Gasteiger partial charge in [-0.2, -0.15) is 0 Å². The second-order valence-electron chi connectivity index (χ2n) is 10.9. The summed E-state index contributed by atoms with van der Waals surface area (Å²) in [5.41, 5.74) is 9.91. The molecule has 0 spiro atoms. The van der Waals surface area contributed by atoms with Crippen LogP contribution in [0.25, 0.3) is 22.2 Å². The third kappa shape index (κ3) is 5.17. The molecule has 1 amide bonds. The Morgan fingerprint density at radius 2 is 1.80 bits per heavy atom. The zero-order valence-electron chi connectivity index (χ0n) is 23.5. The Hall–Kier alpha value is -4.61. The summed E-state index contributed by atoms with van der Waals surface area (Å²) in [4.78, 5) is 25.3. The molecule has 4 heterocycles. The van der Waals surface area contributed by atoms with Crippen LogP contribution in [0.1, 0.15) is 19.0 Å². The molecule has 2 N–H and O–H groups in total. The molecular weight excluding hydrogens is 512 g/mol. The van der Waals surface area contributed by atoms with Crippen molar-refractivity contribution in [1.82, 2.24) is 24.3 Å². The number of rotatable bonds is 5. The van der Waals surface area contributed by atoms with Crippen LogP contribution in [0.2, 0.25) is 0 Å². The molecule has 2 atom stereocenters. The summed E-state index contributed by atoms with van der Waals surface area (Å²) in [7, 11) is 1.97. The van der Waals surface area contributed by atoms with E-state index in [1.54, 1.807) is 0 Å². The highest BCUT2D eigenvalue weighted by Crippen LogP contribution is 2.37. The van der Waals surface area contributed by atoms with Gasteiger partial charge in [0.05, 0.1) is 5.39 Å². The first-order chi connectivity index (χ1) is 19.9. The molecule has 208 valence electrons. The van der Waals surface area contributed by atoms with Crippen molar-refractivity contribution in [3.63, 3.8) is 0 Å². The number of carbonyl (C=O) groups is 1. The first kappa shape index (κ1) is 26.6. The molecule has 6 rings (SSSR count). The van der Waals surface area contributed by atoms with Crippen LogP contribution < -0.4 is 10.5 Å². The topological polar surface area (TPSA) is 89.5 Å². The Kier molecular flexibility index (Phi) is 7.21. The van der Waals surface area contributed by atoms with E-state index >= 15 is 0 Å². The molecule has 0 aliphatic carbocycles. The highest BCUT2D eigenvalue weighted by atomic mass is 16.5. The van der Waals surface area contributed by atoms with Crippen LogP contribution in [0.15, 0.2) is 73.6 Å². The second-order valence-corrected chi connectivity index (χ2v) is 10.9. The molecule has 8 nitrogen and oxygen atoms in total. The minimum absolute atomic E-state index is 0.0251. The van der Waals surface area contributed by atoms with Gasteiger partial charge in [-0.25, -0.2) is 9.97 Å². The smallest absolute Gasteiger partial charge is 0.245 e. The summed E-state index contributed by atoms with van der Waals surface area (Å²) < 4.78 is 8.01. The molecule has 2 aromatic heterocycles. The quantitative estimate of drug-likeness (QED) is 0.288. The molecule has 8 heteroatoms. The van der Waals surface area contributed by atoms with E-state index in [0.29, 0.717) is 17.8 Å². The maximum Gasteiger partial charge on any atom is 0.245 e. The number of aromatic nitrogens is 3. The summed E-state index contributed by atoms with van der Waals surface area (Å²) in [6, 6.07) is 18.2. The first-order valence-corrected chi connectivity index (χ1v) is 14.0. The Morgan fingerprint density at radius 3 is 2.51 bits per heavy atom. The fraction of sp³-hybridized carbons (Fsp3) is 0.303. The number of nitrogens with two attached hydrogens (primary N) is 1. The standard InChI is InChI=1S/C33H34N6O2/c1-4-29(40)38-17-16-27(22(2)18-38)39-19-23(20-39)10-15-28-30(31-32(34)35-21-36-33(31)37(28)3)24-11-13-26(14-12-24)41-25-8-6-5-7-9-25/h4-9,11-14,21-23,27H,1,16-20H2,2-3H3,(H2,34,35,36)/t22-,27-/m0/s1. The van der Waals surface area contributed by atoms with Gasteiger partial charge in [-0.05, 0) is 54.2 Å².